The second kappa shape index (κ2) is 13.4. The highest BCUT2D eigenvalue weighted by molar-refractivity contribution is 7.92. The first kappa shape index (κ1) is 32.0. The van der Waals surface area contributed by atoms with Gasteiger partial charge >= 0.3 is 0 Å². The third-order valence-electron chi connectivity index (χ3n) is 6.53. The van der Waals surface area contributed by atoms with Crippen LogP contribution in [0.15, 0.2) is 77.7 Å². The van der Waals surface area contributed by atoms with Gasteiger partial charge in [-0.15, -0.1) is 0 Å². The molecule has 0 spiro atoms. The Kier molecular flexibility index (Phi) is 10.4. The summed E-state index contributed by atoms with van der Waals surface area (Å²) >= 11 is 6.09. The Hall–Kier alpha value is -3.56. The van der Waals surface area contributed by atoms with Crippen molar-refractivity contribution >= 4 is 39.1 Å². The molecule has 0 aliphatic heterocycles. The second-order valence-corrected chi connectivity index (χ2v) is 13.1. The van der Waals surface area contributed by atoms with Crippen molar-refractivity contribution in [1.29, 1.82) is 0 Å². The molecule has 220 valence electrons. The molecule has 8 nitrogen and oxygen atoms in total. The summed E-state index contributed by atoms with van der Waals surface area (Å²) in [4.78, 5) is 29.0. The Bertz CT molecular complexity index is 1450. The Morgan fingerprint density at radius 3 is 2.12 bits per heavy atom. The van der Waals surface area contributed by atoms with Gasteiger partial charge in [-0.3, -0.25) is 13.9 Å². The minimum absolute atomic E-state index is 0.0102. The quantitative estimate of drug-likeness (QED) is 0.311. The number of carbonyl (C=O) groups excluding carboxylic acids is 2. The Labute approximate surface area is 248 Å². The zero-order valence-corrected chi connectivity index (χ0v) is 25.9. The molecule has 0 saturated heterocycles. The number of carbonyl (C=O) groups is 2. The minimum atomic E-state index is -4.20. The lowest BCUT2D eigenvalue weighted by atomic mass is 10.0. The van der Waals surface area contributed by atoms with E-state index in [0.717, 1.165) is 15.4 Å². The van der Waals surface area contributed by atoms with Crippen LogP contribution in [-0.2, 0) is 26.2 Å². The molecule has 0 aliphatic carbocycles. The first-order valence-electron chi connectivity index (χ1n) is 13.3. The third-order valence-corrected chi connectivity index (χ3v) is 8.57. The molecule has 3 aromatic carbocycles. The molecule has 3 rings (SSSR count). The summed E-state index contributed by atoms with van der Waals surface area (Å²) in [5.74, 6) is -0.327. The molecule has 10 heteroatoms. The average molecular weight is 600 g/mol. The first-order chi connectivity index (χ1) is 19.3. The van der Waals surface area contributed by atoms with Crippen molar-refractivity contribution in [3.63, 3.8) is 0 Å². The van der Waals surface area contributed by atoms with Crippen LogP contribution in [0.4, 0.5) is 5.69 Å². The molecule has 0 aromatic heterocycles. The first-order valence-corrected chi connectivity index (χ1v) is 15.2. The maximum absolute atomic E-state index is 14.2. The van der Waals surface area contributed by atoms with E-state index in [0.29, 0.717) is 17.2 Å². The maximum atomic E-state index is 14.2. The van der Waals surface area contributed by atoms with Gasteiger partial charge in [0.2, 0.25) is 11.8 Å². The highest BCUT2D eigenvalue weighted by atomic mass is 35.5. The predicted molar refractivity (Wildman–Crippen MR) is 163 cm³/mol. The average Bonchev–Trinajstić information content (AvgIpc) is 2.92. The lowest BCUT2D eigenvalue weighted by Gasteiger charge is -2.35. The number of nitrogens with zero attached hydrogens (tertiary/aromatic N) is 2. The standard InChI is InChI=1S/C31H38ClN3O5S/c1-7-28(30(37)33-31(3,4)5)34(20-23-11-9-8-10-22(23)2)29(36)21-35(25-14-12-24(32)13-15-25)41(38,39)27-18-16-26(40-6)17-19-27/h8-19,28H,7,20-21H2,1-6H3,(H,33,37). The topological polar surface area (TPSA) is 96.0 Å². The summed E-state index contributed by atoms with van der Waals surface area (Å²) in [6, 6.07) is 19.0. The zero-order valence-electron chi connectivity index (χ0n) is 24.3. The maximum Gasteiger partial charge on any atom is 0.264 e. The summed E-state index contributed by atoms with van der Waals surface area (Å²) in [6.07, 6.45) is 0.339. The van der Waals surface area contributed by atoms with E-state index in [1.807, 2.05) is 58.9 Å². The van der Waals surface area contributed by atoms with Gasteiger partial charge in [0.1, 0.15) is 18.3 Å². The van der Waals surface area contributed by atoms with E-state index >= 15 is 0 Å². The number of methoxy groups -OCH3 is 1. The largest absolute Gasteiger partial charge is 0.497 e. The molecule has 0 heterocycles. The van der Waals surface area contributed by atoms with E-state index in [4.69, 9.17) is 16.3 Å². The van der Waals surface area contributed by atoms with Crippen LogP contribution in [0.25, 0.3) is 0 Å². The fourth-order valence-electron chi connectivity index (χ4n) is 4.35. The van der Waals surface area contributed by atoms with Crippen LogP contribution in [0.3, 0.4) is 0 Å². The molecule has 0 fully saturated rings. The summed E-state index contributed by atoms with van der Waals surface area (Å²) < 4.78 is 34.1. The number of sulfonamides is 1. The van der Waals surface area contributed by atoms with Crippen LogP contribution >= 0.6 is 11.6 Å². The van der Waals surface area contributed by atoms with Gasteiger partial charge in [0.15, 0.2) is 0 Å². The van der Waals surface area contributed by atoms with Crippen LogP contribution in [0.1, 0.15) is 45.2 Å². The summed E-state index contributed by atoms with van der Waals surface area (Å²) in [7, 11) is -2.71. The second-order valence-electron chi connectivity index (χ2n) is 10.8. The number of hydrogen-bond donors (Lipinski definition) is 1. The number of anilines is 1. The summed E-state index contributed by atoms with van der Waals surface area (Å²) in [6.45, 7) is 8.98. The fourth-order valence-corrected chi connectivity index (χ4v) is 5.89. The van der Waals surface area contributed by atoms with Crippen molar-refractivity contribution in [1.82, 2.24) is 10.2 Å². The van der Waals surface area contributed by atoms with Gasteiger partial charge in [-0.25, -0.2) is 8.42 Å². The lowest BCUT2D eigenvalue weighted by Crippen LogP contribution is -2.55. The van der Waals surface area contributed by atoms with Gasteiger partial charge in [-0.05, 0) is 93.8 Å². The fraction of sp³-hybridized carbons (Fsp3) is 0.355. The Morgan fingerprint density at radius 1 is 0.976 bits per heavy atom. The van der Waals surface area contributed by atoms with Gasteiger partial charge in [0.05, 0.1) is 17.7 Å². The number of hydrogen-bond acceptors (Lipinski definition) is 5. The highest BCUT2D eigenvalue weighted by Crippen LogP contribution is 2.27. The summed E-state index contributed by atoms with van der Waals surface area (Å²) in [5.41, 5.74) is 1.56. The molecular formula is C31H38ClN3O5S. The van der Waals surface area contributed by atoms with Gasteiger partial charge in [-0.1, -0.05) is 42.8 Å². The van der Waals surface area contributed by atoms with Crippen LogP contribution in [0.5, 0.6) is 5.75 Å². The van der Waals surface area contributed by atoms with E-state index in [-0.39, 0.29) is 23.0 Å². The van der Waals surface area contributed by atoms with Crippen LogP contribution in [-0.4, -0.2) is 50.4 Å². The minimum Gasteiger partial charge on any atom is -0.497 e. The molecule has 1 unspecified atom stereocenters. The smallest absolute Gasteiger partial charge is 0.264 e. The van der Waals surface area contributed by atoms with E-state index in [1.54, 1.807) is 36.4 Å². The van der Waals surface area contributed by atoms with E-state index in [2.05, 4.69) is 5.32 Å². The van der Waals surface area contributed by atoms with E-state index in [9.17, 15) is 18.0 Å². The van der Waals surface area contributed by atoms with E-state index < -0.39 is 34.1 Å². The highest BCUT2D eigenvalue weighted by Gasteiger charge is 2.34. The van der Waals surface area contributed by atoms with Crippen molar-refractivity contribution in [3.05, 3.63) is 88.9 Å². The normalized spacial score (nSPS) is 12.4. The van der Waals surface area contributed by atoms with Crippen molar-refractivity contribution in [2.45, 2.75) is 64.1 Å². The monoisotopic (exact) mass is 599 g/mol. The SMILES string of the molecule is CCC(C(=O)NC(C)(C)C)N(Cc1ccccc1C)C(=O)CN(c1ccc(Cl)cc1)S(=O)(=O)c1ccc(OC)cc1. The number of ether oxygens (including phenoxy) is 1. The number of nitrogens with one attached hydrogen (secondary N) is 1. The van der Waals surface area contributed by atoms with Crippen molar-refractivity contribution in [3.8, 4) is 5.75 Å². The molecule has 0 bridgehead atoms. The van der Waals surface area contributed by atoms with Gasteiger partial charge < -0.3 is 15.0 Å². The van der Waals surface area contributed by atoms with Crippen LogP contribution in [0, 0.1) is 6.92 Å². The zero-order chi connectivity index (χ0) is 30.4. The number of aryl methyl sites for hydroxylation is 1. The molecular weight excluding hydrogens is 562 g/mol. The van der Waals surface area contributed by atoms with E-state index in [1.165, 1.54) is 24.1 Å². The van der Waals surface area contributed by atoms with Crippen LogP contribution < -0.4 is 14.4 Å². The Balaban J connectivity index is 2.08. The Morgan fingerprint density at radius 2 is 1.59 bits per heavy atom. The molecule has 1 N–H and O–H groups in total. The van der Waals surface area contributed by atoms with Crippen molar-refractivity contribution in [2.24, 2.45) is 0 Å². The van der Waals surface area contributed by atoms with Crippen molar-refractivity contribution in [2.75, 3.05) is 18.0 Å². The summed E-state index contributed by atoms with van der Waals surface area (Å²) in [5, 5.41) is 3.40. The number of rotatable bonds is 11. The molecule has 2 amide bonds. The molecule has 1 atom stereocenters. The molecule has 3 aromatic rings. The van der Waals surface area contributed by atoms with Gasteiger partial charge in [0.25, 0.3) is 10.0 Å². The number of benzene rings is 3. The third kappa shape index (κ3) is 8.24. The van der Waals surface area contributed by atoms with Crippen molar-refractivity contribution < 1.29 is 22.7 Å². The van der Waals surface area contributed by atoms with Crippen LogP contribution in [0.2, 0.25) is 5.02 Å². The molecule has 0 aliphatic rings. The number of halogens is 1. The lowest BCUT2D eigenvalue weighted by molar-refractivity contribution is -0.141. The predicted octanol–water partition coefficient (Wildman–Crippen LogP) is 5.57. The molecule has 41 heavy (non-hydrogen) atoms. The van der Waals surface area contributed by atoms with Gasteiger partial charge in [0, 0.05) is 17.1 Å². The van der Waals surface area contributed by atoms with Gasteiger partial charge in [-0.2, -0.15) is 0 Å². The molecule has 0 saturated carbocycles. The molecule has 0 radical (unpaired) electrons. The number of amides is 2.